The number of anilines is 1. The van der Waals surface area contributed by atoms with Gasteiger partial charge in [0.1, 0.15) is 12.1 Å². The van der Waals surface area contributed by atoms with Gasteiger partial charge in [0.2, 0.25) is 5.88 Å². The molecule has 1 fully saturated rings. The summed E-state index contributed by atoms with van der Waals surface area (Å²) in [5.41, 5.74) is 6.45. The Bertz CT molecular complexity index is 310. The van der Waals surface area contributed by atoms with Gasteiger partial charge in [-0.15, -0.1) is 0 Å². The summed E-state index contributed by atoms with van der Waals surface area (Å²) in [4.78, 5) is 7.89. The molecule has 1 aliphatic rings. The first-order chi connectivity index (χ1) is 6.27. The molecule has 0 aliphatic heterocycles. The molecule has 1 aliphatic carbocycles. The van der Waals surface area contributed by atoms with Gasteiger partial charge in [0, 0.05) is 0 Å². The first-order valence-corrected chi connectivity index (χ1v) is 4.47. The Hall–Kier alpha value is -1.32. The van der Waals surface area contributed by atoms with Gasteiger partial charge in [0.15, 0.2) is 0 Å². The lowest BCUT2D eigenvalue weighted by atomic mass is 10.3. The zero-order valence-corrected chi connectivity index (χ0v) is 7.66. The van der Waals surface area contributed by atoms with Crippen LogP contribution in [0.1, 0.15) is 18.4 Å². The molecule has 0 bridgehead atoms. The van der Waals surface area contributed by atoms with Gasteiger partial charge in [-0.3, -0.25) is 0 Å². The van der Waals surface area contributed by atoms with Crippen LogP contribution < -0.4 is 10.5 Å². The smallest absolute Gasteiger partial charge is 0.221 e. The Morgan fingerprint density at radius 1 is 1.54 bits per heavy atom. The van der Waals surface area contributed by atoms with Crippen molar-refractivity contribution in [2.75, 3.05) is 12.3 Å². The third-order valence-corrected chi connectivity index (χ3v) is 2.23. The van der Waals surface area contributed by atoms with E-state index >= 15 is 0 Å². The summed E-state index contributed by atoms with van der Waals surface area (Å²) in [5, 5.41) is 0. The molecular weight excluding hydrogens is 166 g/mol. The summed E-state index contributed by atoms with van der Waals surface area (Å²) in [6, 6.07) is 0. The Morgan fingerprint density at radius 3 is 3.00 bits per heavy atom. The lowest BCUT2D eigenvalue weighted by Crippen LogP contribution is -2.05. The van der Waals surface area contributed by atoms with Crippen molar-refractivity contribution in [3.63, 3.8) is 0 Å². The quantitative estimate of drug-likeness (QED) is 0.756. The van der Waals surface area contributed by atoms with E-state index in [4.69, 9.17) is 10.5 Å². The van der Waals surface area contributed by atoms with Crippen LogP contribution in [0.5, 0.6) is 5.88 Å². The van der Waals surface area contributed by atoms with Crippen LogP contribution in [0.25, 0.3) is 0 Å². The Kier molecular flexibility index (Phi) is 2.04. The fraction of sp³-hybridized carbons (Fsp3) is 0.556. The molecule has 2 N–H and O–H groups in total. The molecular formula is C9H13N3O. The van der Waals surface area contributed by atoms with Crippen molar-refractivity contribution in [2.45, 2.75) is 19.8 Å². The zero-order chi connectivity index (χ0) is 9.26. The van der Waals surface area contributed by atoms with E-state index in [2.05, 4.69) is 9.97 Å². The topological polar surface area (TPSA) is 61.0 Å². The lowest BCUT2D eigenvalue weighted by Gasteiger charge is -2.07. The molecule has 0 amide bonds. The predicted molar refractivity (Wildman–Crippen MR) is 49.4 cm³/mol. The van der Waals surface area contributed by atoms with Crippen molar-refractivity contribution in [3.8, 4) is 5.88 Å². The third kappa shape index (κ3) is 1.88. The molecule has 0 atom stereocenters. The molecule has 0 saturated heterocycles. The SMILES string of the molecule is Cc1c(N)ncnc1OCC1CC1. The first kappa shape index (κ1) is 8.29. The highest BCUT2D eigenvalue weighted by Gasteiger charge is 2.22. The highest BCUT2D eigenvalue weighted by molar-refractivity contribution is 5.43. The normalized spacial score (nSPS) is 15.8. The summed E-state index contributed by atoms with van der Waals surface area (Å²) in [5.74, 6) is 1.86. The van der Waals surface area contributed by atoms with Gasteiger partial charge in [0.05, 0.1) is 12.2 Å². The average molecular weight is 179 g/mol. The van der Waals surface area contributed by atoms with E-state index in [1.54, 1.807) is 0 Å². The van der Waals surface area contributed by atoms with E-state index in [0.717, 1.165) is 18.1 Å². The van der Waals surface area contributed by atoms with E-state index in [1.807, 2.05) is 6.92 Å². The number of nitrogens with two attached hydrogens (primary N) is 1. The number of hydrogen-bond acceptors (Lipinski definition) is 4. The van der Waals surface area contributed by atoms with Crippen LogP contribution in [0.15, 0.2) is 6.33 Å². The summed E-state index contributed by atoms with van der Waals surface area (Å²) in [7, 11) is 0. The molecule has 0 spiro atoms. The standard InChI is InChI=1S/C9H13N3O/c1-6-8(10)11-5-12-9(6)13-4-7-2-3-7/h5,7H,2-4H2,1H3,(H2,10,11,12). The molecule has 1 heterocycles. The Labute approximate surface area is 77.1 Å². The second-order valence-corrected chi connectivity index (χ2v) is 3.44. The maximum Gasteiger partial charge on any atom is 0.221 e. The molecule has 0 aromatic carbocycles. The molecule has 0 unspecified atom stereocenters. The largest absolute Gasteiger partial charge is 0.477 e. The first-order valence-electron chi connectivity index (χ1n) is 4.47. The molecule has 1 aromatic heterocycles. The van der Waals surface area contributed by atoms with Gasteiger partial charge in [-0.2, -0.15) is 0 Å². The molecule has 2 rings (SSSR count). The number of hydrogen-bond donors (Lipinski definition) is 1. The van der Waals surface area contributed by atoms with E-state index in [0.29, 0.717) is 11.7 Å². The summed E-state index contributed by atoms with van der Waals surface area (Å²) >= 11 is 0. The van der Waals surface area contributed by atoms with Crippen LogP contribution in [0.4, 0.5) is 5.82 Å². The Morgan fingerprint density at radius 2 is 2.31 bits per heavy atom. The monoisotopic (exact) mass is 179 g/mol. The molecule has 1 aromatic rings. The highest BCUT2D eigenvalue weighted by atomic mass is 16.5. The maximum atomic E-state index is 5.61. The number of nitrogens with zero attached hydrogens (tertiary/aromatic N) is 2. The van der Waals surface area contributed by atoms with Gasteiger partial charge < -0.3 is 10.5 Å². The number of aromatic nitrogens is 2. The van der Waals surface area contributed by atoms with Gasteiger partial charge in [-0.25, -0.2) is 9.97 Å². The zero-order valence-electron chi connectivity index (χ0n) is 7.66. The van der Waals surface area contributed by atoms with E-state index < -0.39 is 0 Å². The van der Waals surface area contributed by atoms with Crippen LogP contribution in [0.3, 0.4) is 0 Å². The molecule has 13 heavy (non-hydrogen) atoms. The van der Waals surface area contributed by atoms with Crippen molar-refractivity contribution in [3.05, 3.63) is 11.9 Å². The van der Waals surface area contributed by atoms with Crippen molar-refractivity contribution in [2.24, 2.45) is 5.92 Å². The maximum absolute atomic E-state index is 5.61. The van der Waals surface area contributed by atoms with Gasteiger partial charge in [-0.05, 0) is 25.7 Å². The third-order valence-electron chi connectivity index (χ3n) is 2.23. The van der Waals surface area contributed by atoms with E-state index in [1.165, 1.54) is 19.2 Å². The van der Waals surface area contributed by atoms with Crippen molar-refractivity contribution < 1.29 is 4.74 Å². The molecule has 1 saturated carbocycles. The molecule has 4 heteroatoms. The van der Waals surface area contributed by atoms with Crippen molar-refractivity contribution >= 4 is 5.82 Å². The summed E-state index contributed by atoms with van der Waals surface area (Å²) in [6.45, 7) is 2.63. The predicted octanol–water partition coefficient (Wildman–Crippen LogP) is 1.16. The minimum Gasteiger partial charge on any atom is -0.477 e. The highest BCUT2D eigenvalue weighted by Crippen LogP contribution is 2.30. The Balaban J connectivity index is 2.05. The summed E-state index contributed by atoms with van der Waals surface area (Å²) < 4.78 is 5.51. The fourth-order valence-corrected chi connectivity index (χ4v) is 1.07. The average Bonchev–Trinajstić information content (AvgIpc) is 2.91. The minimum absolute atomic E-state index is 0.501. The minimum atomic E-state index is 0.501. The lowest BCUT2D eigenvalue weighted by molar-refractivity contribution is 0.286. The molecule has 0 radical (unpaired) electrons. The second-order valence-electron chi connectivity index (χ2n) is 3.44. The van der Waals surface area contributed by atoms with Crippen LogP contribution in [0, 0.1) is 12.8 Å². The van der Waals surface area contributed by atoms with Gasteiger partial charge >= 0.3 is 0 Å². The van der Waals surface area contributed by atoms with E-state index in [9.17, 15) is 0 Å². The van der Waals surface area contributed by atoms with Gasteiger partial charge in [0.25, 0.3) is 0 Å². The van der Waals surface area contributed by atoms with Gasteiger partial charge in [-0.1, -0.05) is 0 Å². The van der Waals surface area contributed by atoms with Crippen LogP contribution in [0.2, 0.25) is 0 Å². The van der Waals surface area contributed by atoms with Crippen molar-refractivity contribution in [1.29, 1.82) is 0 Å². The molecule has 70 valence electrons. The van der Waals surface area contributed by atoms with Crippen LogP contribution >= 0.6 is 0 Å². The van der Waals surface area contributed by atoms with Crippen LogP contribution in [-0.2, 0) is 0 Å². The van der Waals surface area contributed by atoms with E-state index in [-0.39, 0.29) is 0 Å². The second kappa shape index (κ2) is 3.20. The number of nitrogen functional groups attached to an aromatic ring is 1. The fourth-order valence-electron chi connectivity index (χ4n) is 1.07. The molecule has 4 nitrogen and oxygen atoms in total. The van der Waals surface area contributed by atoms with Crippen molar-refractivity contribution in [1.82, 2.24) is 9.97 Å². The van der Waals surface area contributed by atoms with Crippen LogP contribution in [-0.4, -0.2) is 16.6 Å². The number of rotatable bonds is 3. The summed E-state index contributed by atoms with van der Waals surface area (Å²) in [6.07, 6.45) is 3.99. The number of ether oxygens (including phenoxy) is 1.